The van der Waals surface area contributed by atoms with Crippen molar-refractivity contribution in [3.63, 3.8) is 0 Å². The molecule has 4 rings (SSSR count). The lowest BCUT2D eigenvalue weighted by Gasteiger charge is -2.21. The third-order valence-electron chi connectivity index (χ3n) is 5.84. The standard InChI is InChI=1S/C29H29N5O4/c1-2-37-27(35)16-17-34(23-6-4-3-5-7-23)29(36)38-24-14-13-22-19-32-26(33-25(22)18-24)15-10-20-8-11-21(12-9-20)28(30)31/h3-9,11-14,18-19H,2,10,15-17H2,1H3,(H3,30,31). The number of nitrogens with zero attached hydrogens (tertiary/aromatic N) is 3. The van der Waals surface area contributed by atoms with Gasteiger partial charge in [0.1, 0.15) is 17.4 Å². The third-order valence-corrected chi connectivity index (χ3v) is 5.84. The molecule has 0 aliphatic rings. The van der Waals surface area contributed by atoms with Crippen molar-refractivity contribution in [1.82, 2.24) is 9.97 Å². The first-order valence-corrected chi connectivity index (χ1v) is 12.3. The largest absolute Gasteiger partial charge is 0.466 e. The van der Waals surface area contributed by atoms with Crippen LogP contribution < -0.4 is 15.4 Å². The van der Waals surface area contributed by atoms with Crippen molar-refractivity contribution in [3.8, 4) is 5.75 Å². The van der Waals surface area contributed by atoms with Crippen LogP contribution in [0.1, 0.15) is 30.3 Å². The Morgan fingerprint density at radius 1 is 1.00 bits per heavy atom. The maximum Gasteiger partial charge on any atom is 0.419 e. The van der Waals surface area contributed by atoms with Crippen LogP contribution in [0.15, 0.2) is 79.0 Å². The molecule has 38 heavy (non-hydrogen) atoms. The topological polar surface area (TPSA) is 131 Å². The summed E-state index contributed by atoms with van der Waals surface area (Å²) in [4.78, 5) is 35.5. The molecule has 0 saturated heterocycles. The van der Waals surface area contributed by atoms with Crippen LogP contribution in [0.2, 0.25) is 0 Å². The van der Waals surface area contributed by atoms with Crippen molar-refractivity contribution < 1.29 is 19.1 Å². The number of aryl methyl sites for hydroxylation is 2. The monoisotopic (exact) mass is 511 g/mol. The van der Waals surface area contributed by atoms with Gasteiger partial charge < -0.3 is 15.2 Å². The van der Waals surface area contributed by atoms with Crippen LogP contribution in [0.3, 0.4) is 0 Å². The molecule has 3 aromatic carbocycles. The summed E-state index contributed by atoms with van der Waals surface area (Å²) < 4.78 is 10.7. The number of esters is 1. The molecule has 1 aromatic heterocycles. The molecule has 194 valence electrons. The highest BCUT2D eigenvalue weighted by Crippen LogP contribution is 2.22. The second-order valence-corrected chi connectivity index (χ2v) is 8.53. The van der Waals surface area contributed by atoms with Crippen LogP contribution in [0.25, 0.3) is 10.9 Å². The zero-order chi connectivity index (χ0) is 26.9. The zero-order valence-corrected chi connectivity index (χ0v) is 21.1. The Labute approximate surface area is 220 Å². The fraction of sp³-hybridized carbons (Fsp3) is 0.207. The van der Waals surface area contributed by atoms with Crippen LogP contribution in [0, 0.1) is 5.41 Å². The Morgan fingerprint density at radius 3 is 2.47 bits per heavy atom. The number of benzene rings is 3. The lowest BCUT2D eigenvalue weighted by Crippen LogP contribution is -2.35. The summed E-state index contributed by atoms with van der Waals surface area (Å²) in [6.45, 7) is 2.14. The van der Waals surface area contributed by atoms with E-state index < -0.39 is 6.09 Å². The molecule has 9 heteroatoms. The lowest BCUT2D eigenvalue weighted by atomic mass is 10.1. The average Bonchev–Trinajstić information content (AvgIpc) is 2.92. The van der Waals surface area contributed by atoms with E-state index in [2.05, 4.69) is 9.97 Å². The predicted molar refractivity (Wildman–Crippen MR) is 145 cm³/mol. The molecule has 0 radical (unpaired) electrons. The number of nitrogens with one attached hydrogen (secondary N) is 1. The minimum absolute atomic E-state index is 0.0387. The van der Waals surface area contributed by atoms with Gasteiger partial charge in [-0.2, -0.15) is 0 Å². The molecule has 0 bridgehead atoms. The molecule has 9 nitrogen and oxygen atoms in total. The summed E-state index contributed by atoms with van der Waals surface area (Å²) in [6.07, 6.45) is 2.53. The second kappa shape index (κ2) is 12.4. The van der Waals surface area contributed by atoms with Crippen LogP contribution in [0.4, 0.5) is 10.5 Å². The zero-order valence-electron chi connectivity index (χ0n) is 21.1. The summed E-state index contributed by atoms with van der Waals surface area (Å²) in [5.41, 5.74) is 8.56. The number of nitrogen functional groups attached to an aromatic ring is 1. The Bertz CT molecular complexity index is 1420. The molecule has 0 atom stereocenters. The summed E-state index contributed by atoms with van der Waals surface area (Å²) >= 11 is 0. The van der Waals surface area contributed by atoms with E-state index in [4.69, 9.17) is 20.6 Å². The summed E-state index contributed by atoms with van der Waals surface area (Å²) in [5.74, 6) is 0.656. The first kappa shape index (κ1) is 26.3. The first-order chi connectivity index (χ1) is 18.4. The normalized spacial score (nSPS) is 10.7. The minimum Gasteiger partial charge on any atom is -0.466 e. The van der Waals surface area contributed by atoms with Gasteiger partial charge in [0.05, 0.1) is 18.5 Å². The number of anilines is 1. The number of hydrogen-bond donors (Lipinski definition) is 2. The molecule has 0 unspecified atom stereocenters. The van der Waals surface area contributed by atoms with E-state index >= 15 is 0 Å². The number of amides is 1. The Balaban J connectivity index is 1.46. The van der Waals surface area contributed by atoms with Crippen LogP contribution in [0.5, 0.6) is 5.75 Å². The van der Waals surface area contributed by atoms with Gasteiger partial charge in [-0.25, -0.2) is 14.8 Å². The Hall–Kier alpha value is -4.79. The lowest BCUT2D eigenvalue weighted by molar-refractivity contribution is -0.142. The van der Waals surface area contributed by atoms with E-state index in [1.807, 2.05) is 42.5 Å². The number of hydrogen-bond acceptors (Lipinski definition) is 7. The van der Waals surface area contributed by atoms with E-state index in [0.29, 0.717) is 34.8 Å². The molecule has 0 fully saturated rings. The van der Waals surface area contributed by atoms with Crippen LogP contribution >= 0.6 is 0 Å². The first-order valence-electron chi connectivity index (χ1n) is 12.3. The SMILES string of the molecule is CCOC(=O)CCN(C(=O)Oc1ccc2cnc(CCc3ccc(C(=N)N)cc3)nc2c1)c1ccccc1. The van der Waals surface area contributed by atoms with Crippen molar-refractivity contribution in [2.24, 2.45) is 5.73 Å². The van der Waals surface area contributed by atoms with E-state index in [1.165, 1.54) is 4.90 Å². The number of aromatic nitrogens is 2. The molecule has 0 aliphatic heterocycles. The van der Waals surface area contributed by atoms with Gasteiger partial charge in [-0.3, -0.25) is 15.1 Å². The Kier molecular flexibility index (Phi) is 8.61. The van der Waals surface area contributed by atoms with Gasteiger partial charge in [0.15, 0.2) is 0 Å². The summed E-state index contributed by atoms with van der Waals surface area (Å²) in [5, 5.41) is 8.33. The third kappa shape index (κ3) is 6.91. The molecule has 0 spiro atoms. The molecule has 4 aromatic rings. The van der Waals surface area contributed by atoms with Crippen LogP contribution in [-0.2, 0) is 22.4 Å². The molecular weight excluding hydrogens is 482 g/mol. The average molecular weight is 512 g/mol. The van der Waals surface area contributed by atoms with E-state index in [0.717, 1.165) is 17.4 Å². The molecule has 0 aliphatic carbocycles. The number of amidine groups is 1. The predicted octanol–water partition coefficient (Wildman–Crippen LogP) is 4.66. The van der Waals surface area contributed by atoms with Gasteiger partial charge in [0.25, 0.3) is 0 Å². The maximum absolute atomic E-state index is 13.1. The quantitative estimate of drug-likeness (QED) is 0.180. The highest BCUT2D eigenvalue weighted by Gasteiger charge is 2.20. The molecular formula is C29H29N5O4. The number of carbonyl (C=O) groups excluding carboxylic acids is 2. The Morgan fingerprint density at radius 2 is 1.76 bits per heavy atom. The van der Waals surface area contributed by atoms with Crippen molar-refractivity contribution in [2.75, 3.05) is 18.1 Å². The van der Waals surface area contributed by atoms with Gasteiger partial charge in [0, 0.05) is 41.9 Å². The summed E-state index contributed by atoms with van der Waals surface area (Å²) in [7, 11) is 0. The van der Waals surface area contributed by atoms with Crippen molar-refractivity contribution in [1.29, 1.82) is 5.41 Å². The minimum atomic E-state index is -0.608. The smallest absolute Gasteiger partial charge is 0.419 e. The molecule has 1 heterocycles. The van der Waals surface area contributed by atoms with E-state index in [-0.39, 0.29) is 31.4 Å². The number of nitrogens with two attached hydrogens (primary N) is 1. The van der Waals surface area contributed by atoms with Gasteiger partial charge >= 0.3 is 12.1 Å². The van der Waals surface area contributed by atoms with Crippen molar-refractivity contribution in [2.45, 2.75) is 26.2 Å². The highest BCUT2D eigenvalue weighted by molar-refractivity contribution is 5.95. The van der Waals surface area contributed by atoms with Gasteiger partial charge in [-0.15, -0.1) is 0 Å². The highest BCUT2D eigenvalue weighted by atomic mass is 16.6. The van der Waals surface area contributed by atoms with Gasteiger partial charge in [-0.1, -0.05) is 42.5 Å². The van der Waals surface area contributed by atoms with E-state index in [9.17, 15) is 9.59 Å². The molecule has 0 saturated carbocycles. The number of carbonyl (C=O) groups is 2. The van der Waals surface area contributed by atoms with Crippen LogP contribution in [-0.4, -0.2) is 41.0 Å². The maximum atomic E-state index is 13.1. The summed E-state index contributed by atoms with van der Waals surface area (Å²) in [6, 6.07) is 21.7. The fourth-order valence-electron chi connectivity index (χ4n) is 3.86. The van der Waals surface area contributed by atoms with Crippen molar-refractivity contribution in [3.05, 3.63) is 95.9 Å². The number of ether oxygens (including phenoxy) is 2. The molecule has 3 N–H and O–H groups in total. The number of para-hydroxylation sites is 1. The van der Waals surface area contributed by atoms with Gasteiger partial charge in [-0.05, 0) is 43.2 Å². The number of fused-ring (bicyclic) bond motifs is 1. The van der Waals surface area contributed by atoms with E-state index in [1.54, 1.807) is 43.5 Å². The number of rotatable bonds is 10. The van der Waals surface area contributed by atoms with Crippen molar-refractivity contribution >= 4 is 34.5 Å². The molecule has 1 amide bonds. The fourth-order valence-corrected chi connectivity index (χ4v) is 3.86. The second-order valence-electron chi connectivity index (χ2n) is 8.53. The van der Waals surface area contributed by atoms with Gasteiger partial charge in [0.2, 0.25) is 0 Å².